The van der Waals surface area contributed by atoms with Gasteiger partial charge in [0.2, 0.25) is 0 Å². The van der Waals surface area contributed by atoms with Crippen molar-refractivity contribution in [3.63, 3.8) is 0 Å². The van der Waals surface area contributed by atoms with E-state index in [-0.39, 0.29) is 0 Å². The van der Waals surface area contributed by atoms with Crippen LogP contribution in [0.1, 0.15) is 38.5 Å². The van der Waals surface area contributed by atoms with Gasteiger partial charge in [-0.15, -0.1) is 0 Å². The molecule has 3 atom stereocenters. The lowest BCUT2D eigenvalue weighted by Gasteiger charge is -2.14. The van der Waals surface area contributed by atoms with E-state index in [1.165, 1.54) is 38.5 Å². The molecule has 0 aromatic carbocycles. The third kappa shape index (κ3) is 0.758. The molecule has 3 aliphatic rings. The number of rotatable bonds is 0. The van der Waals surface area contributed by atoms with Gasteiger partial charge in [-0.25, -0.2) is 0 Å². The maximum Gasteiger partial charge on any atom is -0.00808 e. The highest BCUT2D eigenvalue weighted by Gasteiger charge is 2.57. The van der Waals surface area contributed by atoms with Crippen LogP contribution in [0.5, 0.6) is 0 Å². The Morgan fingerprint density at radius 3 is 3.09 bits per heavy atom. The van der Waals surface area contributed by atoms with Crippen LogP contribution >= 0.6 is 0 Å². The van der Waals surface area contributed by atoms with Gasteiger partial charge in [0, 0.05) is 0 Å². The molecule has 11 heavy (non-hydrogen) atoms. The predicted octanol–water partition coefficient (Wildman–Crippen LogP) is 3.14. The fourth-order valence-electron chi connectivity index (χ4n) is 3.25. The van der Waals surface area contributed by atoms with Crippen molar-refractivity contribution >= 4 is 0 Å². The quantitative estimate of drug-likeness (QED) is 0.463. The maximum absolute atomic E-state index is 2.55. The molecule has 60 valence electrons. The van der Waals surface area contributed by atoms with E-state index in [9.17, 15) is 0 Å². The second kappa shape index (κ2) is 1.91. The molecule has 0 nitrogen and oxygen atoms in total. The Kier molecular flexibility index (Phi) is 1.09. The average molecular weight is 148 g/mol. The van der Waals surface area contributed by atoms with Gasteiger partial charge in [-0.1, -0.05) is 31.4 Å². The number of hydrogen-bond acceptors (Lipinski definition) is 0. The van der Waals surface area contributed by atoms with Gasteiger partial charge in [-0.2, -0.15) is 0 Å². The topological polar surface area (TPSA) is 0 Å². The van der Waals surface area contributed by atoms with Gasteiger partial charge >= 0.3 is 0 Å². The van der Waals surface area contributed by atoms with Crippen molar-refractivity contribution in [1.29, 1.82) is 0 Å². The molecule has 3 aliphatic carbocycles. The summed E-state index contributed by atoms with van der Waals surface area (Å²) in [6, 6.07) is 0. The van der Waals surface area contributed by atoms with Gasteiger partial charge < -0.3 is 0 Å². The van der Waals surface area contributed by atoms with Crippen LogP contribution in [0.25, 0.3) is 0 Å². The zero-order chi connectivity index (χ0) is 7.31. The molecule has 3 rings (SSSR count). The lowest BCUT2D eigenvalue weighted by atomic mass is 9.90. The first kappa shape index (κ1) is 6.28. The molecule has 0 spiro atoms. The first-order valence-corrected chi connectivity index (χ1v) is 5.10. The number of hydrogen-bond donors (Lipinski definition) is 0. The third-order valence-corrected chi connectivity index (χ3v) is 4.05. The Hall–Kier alpha value is -0.260. The molecule has 0 aliphatic heterocycles. The van der Waals surface area contributed by atoms with Crippen LogP contribution in [0.2, 0.25) is 0 Å². The van der Waals surface area contributed by atoms with E-state index in [4.69, 9.17) is 0 Å². The van der Waals surface area contributed by atoms with Crippen molar-refractivity contribution in [3.05, 3.63) is 12.2 Å². The molecule has 0 N–H and O–H groups in total. The summed E-state index contributed by atoms with van der Waals surface area (Å²) in [5, 5.41) is 0. The van der Waals surface area contributed by atoms with Crippen LogP contribution in [-0.4, -0.2) is 0 Å². The average Bonchev–Trinajstić information content (AvgIpc) is 2.59. The first-order valence-electron chi connectivity index (χ1n) is 5.10. The van der Waals surface area contributed by atoms with Crippen LogP contribution in [0.3, 0.4) is 0 Å². The smallest absolute Gasteiger partial charge is 0.00808 e. The third-order valence-electron chi connectivity index (χ3n) is 4.05. The molecule has 0 heterocycles. The molecule has 0 radical (unpaired) electrons. The highest BCUT2D eigenvalue weighted by Crippen LogP contribution is 2.66. The highest BCUT2D eigenvalue weighted by molar-refractivity contribution is 5.25. The van der Waals surface area contributed by atoms with E-state index in [2.05, 4.69) is 12.2 Å². The van der Waals surface area contributed by atoms with Gasteiger partial charge in [0.1, 0.15) is 0 Å². The van der Waals surface area contributed by atoms with Crippen molar-refractivity contribution in [2.75, 3.05) is 0 Å². The van der Waals surface area contributed by atoms with Crippen LogP contribution in [0, 0.1) is 17.3 Å². The monoisotopic (exact) mass is 148 g/mol. The maximum atomic E-state index is 2.55. The Morgan fingerprint density at radius 2 is 2.18 bits per heavy atom. The molecule has 0 amide bonds. The van der Waals surface area contributed by atoms with Gasteiger partial charge in [0.15, 0.2) is 0 Å². The zero-order valence-corrected chi connectivity index (χ0v) is 7.05. The fourth-order valence-corrected chi connectivity index (χ4v) is 3.25. The Bertz CT molecular complexity index is 204. The van der Waals surface area contributed by atoms with Crippen LogP contribution in [0.15, 0.2) is 12.2 Å². The summed E-state index contributed by atoms with van der Waals surface area (Å²) in [6.07, 6.45) is 14.1. The van der Waals surface area contributed by atoms with Crippen LogP contribution < -0.4 is 0 Å². The second-order valence-electron chi connectivity index (χ2n) is 4.67. The standard InChI is InChI=1S/C11H16/c1-2-4-9-5-7-11(6-3-1)8-10(9)11/h5,7,9-10H,1-4,6,8H2/t9-,10?,11+/m1/s1. The van der Waals surface area contributed by atoms with E-state index >= 15 is 0 Å². The Balaban J connectivity index is 1.87. The van der Waals surface area contributed by atoms with Gasteiger partial charge in [-0.05, 0) is 36.5 Å². The molecular formula is C11H16. The Labute approximate surface area is 68.7 Å². The summed E-state index contributed by atoms with van der Waals surface area (Å²) in [7, 11) is 0. The minimum absolute atomic E-state index is 0.755. The van der Waals surface area contributed by atoms with Crippen molar-refractivity contribution in [2.45, 2.75) is 38.5 Å². The summed E-state index contributed by atoms with van der Waals surface area (Å²) < 4.78 is 0. The fraction of sp³-hybridized carbons (Fsp3) is 0.818. The normalized spacial score (nSPS) is 53.1. The first-order chi connectivity index (χ1) is 5.41. The molecular weight excluding hydrogens is 132 g/mol. The van der Waals surface area contributed by atoms with Crippen molar-refractivity contribution in [3.8, 4) is 0 Å². The van der Waals surface area contributed by atoms with E-state index < -0.39 is 0 Å². The summed E-state index contributed by atoms with van der Waals surface area (Å²) >= 11 is 0. The highest BCUT2D eigenvalue weighted by atomic mass is 14.6. The SMILES string of the molecule is C1=C[C@]23CCCCC[C@H]1C2C3. The molecule has 0 aromatic heterocycles. The minimum Gasteiger partial charge on any atom is -0.0845 e. The molecule has 0 saturated heterocycles. The lowest BCUT2D eigenvalue weighted by Crippen LogP contribution is -2.04. The molecule has 2 fully saturated rings. The Morgan fingerprint density at radius 1 is 1.18 bits per heavy atom. The van der Waals surface area contributed by atoms with Gasteiger partial charge in [-0.3, -0.25) is 0 Å². The number of allylic oxidation sites excluding steroid dienone is 2. The molecule has 1 unspecified atom stereocenters. The zero-order valence-electron chi connectivity index (χ0n) is 7.05. The van der Waals surface area contributed by atoms with Gasteiger partial charge in [0.25, 0.3) is 0 Å². The summed E-state index contributed by atoms with van der Waals surface area (Å²) in [5.74, 6) is 2.10. The molecule has 0 aromatic rings. The predicted molar refractivity (Wildman–Crippen MR) is 46.3 cm³/mol. The van der Waals surface area contributed by atoms with Crippen LogP contribution in [-0.2, 0) is 0 Å². The minimum atomic E-state index is 0.755. The molecule has 2 saturated carbocycles. The largest absolute Gasteiger partial charge is 0.0845 e. The van der Waals surface area contributed by atoms with Gasteiger partial charge in [0.05, 0.1) is 0 Å². The van der Waals surface area contributed by atoms with Crippen molar-refractivity contribution < 1.29 is 0 Å². The van der Waals surface area contributed by atoms with E-state index in [0.29, 0.717) is 0 Å². The van der Waals surface area contributed by atoms with Crippen LogP contribution in [0.4, 0.5) is 0 Å². The van der Waals surface area contributed by atoms with Crippen molar-refractivity contribution in [2.24, 2.45) is 17.3 Å². The second-order valence-corrected chi connectivity index (χ2v) is 4.67. The summed E-state index contributed by atoms with van der Waals surface area (Å²) in [4.78, 5) is 0. The van der Waals surface area contributed by atoms with E-state index in [0.717, 1.165) is 17.3 Å². The van der Waals surface area contributed by atoms with E-state index in [1.807, 2.05) is 0 Å². The van der Waals surface area contributed by atoms with Crippen molar-refractivity contribution in [1.82, 2.24) is 0 Å². The lowest BCUT2D eigenvalue weighted by molar-refractivity contribution is 0.393. The molecule has 2 bridgehead atoms. The van der Waals surface area contributed by atoms with E-state index in [1.54, 1.807) is 0 Å². The summed E-state index contributed by atoms with van der Waals surface area (Å²) in [6.45, 7) is 0. The molecule has 0 heteroatoms. The summed E-state index contributed by atoms with van der Waals surface area (Å²) in [5.41, 5.74) is 0.755.